The number of pyridine rings is 1. The Morgan fingerprint density at radius 1 is 1.21 bits per heavy atom. The summed E-state index contributed by atoms with van der Waals surface area (Å²) < 4.78 is 20.3. The Labute approximate surface area is 196 Å². The van der Waals surface area contributed by atoms with Crippen LogP contribution in [0.4, 0.5) is 25.4 Å². The zero-order chi connectivity index (χ0) is 24.7. The molecule has 1 aliphatic heterocycles. The van der Waals surface area contributed by atoms with E-state index in [0.717, 1.165) is 10.6 Å². The van der Waals surface area contributed by atoms with Gasteiger partial charge in [-0.3, -0.25) is 14.8 Å². The maximum Gasteiger partial charge on any atom is 0.408 e. The summed E-state index contributed by atoms with van der Waals surface area (Å²) in [5.41, 5.74) is 1.57. The number of carboxylic acid groups (broad SMARTS) is 1. The van der Waals surface area contributed by atoms with Crippen molar-refractivity contribution in [2.75, 3.05) is 36.9 Å². The first-order valence-electron chi connectivity index (χ1n) is 10.9. The Kier molecular flexibility index (Phi) is 8.36. The molecule has 1 saturated heterocycles. The van der Waals surface area contributed by atoms with Crippen molar-refractivity contribution in [3.8, 4) is 0 Å². The fourth-order valence-electron chi connectivity index (χ4n) is 3.58. The topological polar surface area (TPSA) is 124 Å². The predicted molar refractivity (Wildman–Crippen MR) is 123 cm³/mol. The molecule has 0 unspecified atom stereocenters. The molecule has 11 heteroatoms. The lowest BCUT2D eigenvalue weighted by atomic mass is 10.1. The van der Waals surface area contributed by atoms with Crippen LogP contribution in [0.3, 0.4) is 0 Å². The van der Waals surface area contributed by atoms with Gasteiger partial charge in [0.05, 0.1) is 24.2 Å². The lowest BCUT2D eigenvalue weighted by molar-refractivity contribution is -0.151. The number of benzene rings is 1. The van der Waals surface area contributed by atoms with Crippen LogP contribution in [-0.2, 0) is 16.1 Å². The largest absolute Gasteiger partial charge is 0.465 e. The van der Waals surface area contributed by atoms with Gasteiger partial charge < -0.3 is 20.5 Å². The Morgan fingerprint density at radius 2 is 2.00 bits per heavy atom. The Hall–Kier alpha value is -3.73. The van der Waals surface area contributed by atoms with Gasteiger partial charge in [0.15, 0.2) is 5.82 Å². The standard InChI is InChI=1S/C23H28FN5O5/c1-3-11-34-21(30)19-14-28(9-10-29(19)23(32)33)13-16-5-4-6-18(20(16)24)27-22(31)26-17-8-7-15(2)25-12-17/h4-8,12,19H,3,9-11,13-14H2,1-2H3,(H,32,33)(H2,26,27,31)/t19-/m0/s1. The van der Waals surface area contributed by atoms with Crippen molar-refractivity contribution in [3.05, 3.63) is 53.6 Å². The molecular weight excluding hydrogens is 445 g/mol. The smallest absolute Gasteiger partial charge is 0.408 e. The van der Waals surface area contributed by atoms with E-state index in [4.69, 9.17) is 4.74 Å². The second kappa shape index (κ2) is 11.4. The minimum Gasteiger partial charge on any atom is -0.465 e. The number of carbonyl (C=O) groups is 3. The maximum absolute atomic E-state index is 15.1. The van der Waals surface area contributed by atoms with Gasteiger partial charge >= 0.3 is 18.1 Å². The van der Waals surface area contributed by atoms with E-state index in [1.54, 1.807) is 29.2 Å². The van der Waals surface area contributed by atoms with E-state index in [1.165, 1.54) is 12.3 Å². The number of aromatic nitrogens is 1. The molecule has 0 bridgehead atoms. The molecule has 34 heavy (non-hydrogen) atoms. The first-order valence-corrected chi connectivity index (χ1v) is 10.9. The van der Waals surface area contributed by atoms with Gasteiger partial charge in [-0.05, 0) is 31.5 Å². The summed E-state index contributed by atoms with van der Waals surface area (Å²) >= 11 is 0. The van der Waals surface area contributed by atoms with Crippen molar-refractivity contribution in [1.29, 1.82) is 0 Å². The summed E-state index contributed by atoms with van der Waals surface area (Å²) in [6.07, 6.45) is 0.916. The van der Waals surface area contributed by atoms with Crippen molar-refractivity contribution < 1.29 is 28.6 Å². The molecule has 0 radical (unpaired) electrons. The number of hydrogen-bond donors (Lipinski definition) is 3. The van der Waals surface area contributed by atoms with E-state index in [-0.39, 0.29) is 31.9 Å². The zero-order valence-electron chi connectivity index (χ0n) is 19.1. The molecule has 2 aromatic rings. The van der Waals surface area contributed by atoms with E-state index in [1.807, 2.05) is 13.8 Å². The fraction of sp³-hybridized carbons (Fsp3) is 0.391. The van der Waals surface area contributed by atoms with Gasteiger partial charge in [-0.2, -0.15) is 0 Å². The van der Waals surface area contributed by atoms with Crippen molar-refractivity contribution >= 4 is 29.5 Å². The number of nitrogens with one attached hydrogen (secondary N) is 2. The van der Waals surface area contributed by atoms with Gasteiger partial charge in [-0.25, -0.2) is 18.8 Å². The van der Waals surface area contributed by atoms with Crippen LogP contribution in [0.5, 0.6) is 0 Å². The van der Waals surface area contributed by atoms with Crippen molar-refractivity contribution in [2.24, 2.45) is 0 Å². The van der Waals surface area contributed by atoms with Gasteiger partial charge in [0.25, 0.3) is 0 Å². The number of esters is 1. The number of amides is 3. The average molecular weight is 474 g/mol. The van der Waals surface area contributed by atoms with Gasteiger partial charge in [0, 0.05) is 37.4 Å². The summed E-state index contributed by atoms with van der Waals surface area (Å²) in [5, 5.41) is 14.5. The van der Waals surface area contributed by atoms with Crippen LogP contribution in [0.25, 0.3) is 0 Å². The molecule has 0 saturated carbocycles. The highest BCUT2D eigenvalue weighted by Crippen LogP contribution is 2.22. The highest BCUT2D eigenvalue weighted by molar-refractivity contribution is 5.99. The van der Waals surface area contributed by atoms with E-state index >= 15 is 4.39 Å². The third-order valence-electron chi connectivity index (χ3n) is 5.32. The highest BCUT2D eigenvalue weighted by Gasteiger charge is 2.36. The van der Waals surface area contributed by atoms with Crippen LogP contribution in [0.2, 0.25) is 0 Å². The first-order chi connectivity index (χ1) is 16.3. The second-order valence-electron chi connectivity index (χ2n) is 7.94. The Bertz CT molecular complexity index is 1030. The number of piperazine rings is 1. The molecule has 1 fully saturated rings. The molecule has 10 nitrogen and oxygen atoms in total. The Morgan fingerprint density at radius 3 is 2.68 bits per heavy atom. The fourth-order valence-corrected chi connectivity index (χ4v) is 3.58. The SMILES string of the molecule is CCCOC(=O)[C@@H]1CN(Cc2cccc(NC(=O)Nc3ccc(C)nc3)c2F)CCN1C(=O)O. The summed E-state index contributed by atoms with van der Waals surface area (Å²) in [6, 6.07) is 6.46. The quantitative estimate of drug-likeness (QED) is 0.527. The number of halogens is 1. The number of ether oxygens (including phenoxy) is 1. The number of aryl methyl sites for hydroxylation is 1. The van der Waals surface area contributed by atoms with Crippen LogP contribution >= 0.6 is 0 Å². The van der Waals surface area contributed by atoms with E-state index in [2.05, 4.69) is 15.6 Å². The Balaban J connectivity index is 1.66. The third-order valence-corrected chi connectivity index (χ3v) is 5.32. The third kappa shape index (κ3) is 6.41. The summed E-state index contributed by atoms with van der Waals surface area (Å²) in [7, 11) is 0. The molecule has 2 heterocycles. The molecule has 1 atom stereocenters. The van der Waals surface area contributed by atoms with Crippen LogP contribution in [0, 0.1) is 12.7 Å². The second-order valence-corrected chi connectivity index (χ2v) is 7.94. The summed E-state index contributed by atoms with van der Waals surface area (Å²) in [5.74, 6) is -1.22. The van der Waals surface area contributed by atoms with Gasteiger partial charge in [0.1, 0.15) is 6.04 Å². The predicted octanol–water partition coefficient (Wildman–Crippen LogP) is 3.29. The number of urea groups is 1. The number of nitrogens with zero attached hydrogens (tertiary/aromatic N) is 3. The lowest BCUT2D eigenvalue weighted by Crippen LogP contribution is -2.58. The van der Waals surface area contributed by atoms with Crippen LogP contribution in [0.1, 0.15) is 24.6 Å². The molecule has 1 aliphatic rings. The van der Waals surface area contributed by atoms with Crippen LogP contribution in [-0.4, -0.2) is 70.3 Å². The molecule has 0 spiro atoms. The molecule has 3 N–H and O–H groups in total. The number of rotatable bonds is 7. The van der Waals surface area contributed by atoms with E-state index < -0.39 is 30.0 Å². The summed E-state index contributed by atoms with van der Waals surface area (Å²) in [6.45, 7) is 4.49. The molecule has 3 amide bonds. The number of carbonyl (C=O) groups excluding carboxylic acids is 2. The molecule has 3 rings (SSSR count). The molecule has 0 aliphatic carbocycles. The highest BCUT2D eigenvalue weighted by atomic mass is 19.1. The van der Waals surface area contributed by atoms with Crippen LogP contribution < -0.4 is 10.6 Å². The molecule has 182 valence electrons. The van der Waals surface area contributed by atoms with Gasteiger partial charge in [-0.1, -0.05) is 19.1 Å². The van der Waals surface area contributed by atoms with Gasteiger partial charge in [0.2, 0.25) is 0 Å². The maximum atomic E-state index is 15.1. The van der Waals surface area contributed by atoms with E-state index in [0.29, 0.717) is 24.2 Å². The number of anilines is 2. The van der Waals surface area contributed by atoms with E-state index in [9.17, 15) is 19.5 Å². The molecule has 1 aromatic heterocycles. The number of hydrogen-bond acceptors (Lipinski definition) is 6. The minimum absolute atomic E-state index is 0.00171. The zero-order valence-corrected chi connectivity index (χ0v) is 19.1. The van der Waals surface area contributed by atoms with Crippen molar-refractivity contribution in [3.63, 3.8) is 0 Å². The van der Waals surface area contributed by atoms with Gasteiger partial charge in [-0.15, -0.1) is 0 Å². The molecular formula is C23H28FN5O5. The van der Waals surface area contributed by atoms with Crippen molar-refractivity contribution in [2.45, 2.75) is 32.9 Å². The van der Waals surface area contributed by atoms with Crippen LogP contribution in [0.15, 0.2) is 36.5 Å². The monoisotopic (exact) mass is 473 g/mol. The minimum atomic E-state index is -1.20. The molecule has 1 aromatic carbocycles. The summed E-state index contributed by atoms with van der Waals surface area (Å²) in [4.78, 5) is 43.2. The lowest BCUT2D eigenvalue weighted by Gasteiger charge is -2.38. The van der Waals surface area contributed by atoms with Crippen molar-refractivity contribution in [1.82, 2.24) is 14.8 Å². The first kappa shape index (κ1) is 24.9. The normalized spacial score (nSPS) is 16.1. The average Bonchev–Trinajstić information content (AvgIpc) is 2.81.